The highest BCUT2D eigenvalue weighted by Crippen LogP contribution is 2.22. The van der Waals surface area contributed by atoms with Crippen LogP contribution in [0.5, 0.6) is 0 Å². The molecule has 2 aromatic rings. The number of halogens is 1. The summed E-state index contributed by atoms with van der Waals surface area (Å²) in [4.78, 5) is 0. The lowest BCUT2D eigenvalue weighted by Crippen LogP contribution is -2.29. The van der Waals surface area contributed by atoms with Crippen molar-refractivity contribution in [3.63, 3.8) is 0 Å². The molecular weight excluding hydrogens is 230 g/mol. The molecule has 18 heavy (non-hydrogen) atoms. The summed E-state index contributed by atoms with van der Waals surface area (Å²) in [6.07, 6.45) is 0.943. The van der Waals surface area contributed by atoms with Gasteiger partial charge in [0.25, 0.3) is 0 Å². The zero-order chi connectivity index (χ0) is 13.1. The molecule has 2 N–H and O–H groups in total. The third-order valence-electron chi connectivity index (χ3n) is 2.96. The number of hydrogen-bond acceptors (Lipinski definition) is 2. The molecule has 0 fully saturated rings. The summed E-state index contributed by atoms with van der Waals surface area (Å²) in [5, 5.41) is 17.9. The third-order valence-corrected chi connectivity index (χ3v) is 2.96. The molecule has 0 spiro atoms. The van der Waals surface area contributed by atoms with E-state index in [1.807, 2.05) is 24.3 Å². The van der Waals surface area contributed by atoms with E-state index >= 15 is 0 Å². The fourth-order valence-electron chi connectivity index (χ4n) is 1.85. The van der Waals surface area contributed by atoms with Crippen LogP contribution in [0, 0.1) is 5.82 Å². The Morgan fingerprint density at radius 2 is 1.72 bits per heavy atom. The van der Waals surface area contributed by atoms with E-state index in [-0.39, 0.29) is 5.46 Å². The average molecular weight is 244 g/mol. The topological polar surface area (TPSA) is 40.5 Å². The fraction of sp³-hybridized carbons (Fsp3) is 0.143. The van der Waals surface area contributed by atoms with Crippen molar-refractivity contribution in [1.82, 2.24) is 0 Å². The van der Waals surface area contributed by atoms with Crippen LogP contribution in [-0.2, 0) is 6.42 Å². The monoisotopic (exact) mass is 244 g/mol. The molecule has 0 atom stereocenters. The average Bonchev–Trinajstić information content (AvgIpc) is 2.38. The van der Waals surface area contributed by atoms with Crippen molar-refractivity contribution in [3.8, 4) is 11.1 Å². The predicted molar refractivity (Wildman–Crippen MR) is 71.0 cm³/mol. The number of aryl methyl sites for hydroxylation is 1. The summed E-state index contributed by atoms with van der Waals surface area (Å²) in [5.74, 6) is -0.454. The van der Waals surface area contributed by atoms with Crippen molar-refractivity contribution in [2.45, 2.75) is 13.3 Å². The van der Waals surface area contributed by atoms with E-state index < -0.39 is 12.9 Å². The second-order valence-electron chi connectivity index (χ2n) is 4.16. The minimum Gasteiger partial charge on any atom is -0.423 e. The first-order chi connectivity index (χ1) is 8.61. The SMILES string of the molecule is CCc1ccc(-c2ccc(B(O)O)cc2F)cc1. The Bertz CT molecular complexity index is 538. The van der Waals surface area contributed by atoms with E-state index in [2.05, 4.69) is 6.92 Å². The van der Waals surface area contributed by atoms with Crippen molar-refractivity contribution < 1.29 is 14.4 Å². The van der Waals surface area contributed by atoms with Crippen LogP contribution in [0.2, 0.25) is 0 Å². The second-order valence-corrected chi connectivity index (χ2v) is 4.16. The normalized spacial score (nSPS) is 10.4. The van der Waals surface area contributed by atoms with Crippen molar-refractivity contribution in [3.05, 3.63) is 53.8 Å². The predicted octanol–water partition coefficient (Wildman–Crippen LogP) is 1.73. The molecular formula is C14H14BFO2. The number of rotatable bonds is 3. The quantitative estimate of drug-likeness (QED) is 0.807. The molecule has 2 nitrogen and oxygen atoms in total. The first-order valence-electron chi connectivity index (χ1n) is 5.86. The minimum atomic E-state index is -1.64. The molecule has 0 saturated carbocycles. The summed E-state index contributed by atoms with van der Waals surface area (Å²) >= 11 is 0. The molecule has 0 heterocycles. The van der Waals surface area contributed by atoms with Gasteiger partial charge in [-0.05, 0) is 29.1 Å². The van der Waals surface area contributed by atoms with E-state index in [1.54, 1.807) is 6.07 Å². The highest BCUT2D eigenvalue weighted by atomic mass is 19.1. The summed E-state index contributed by atoms with van der Waals surface area (Å²) in [5.41, 5.74) is 2.59. The fourth-order valence-corrected chi connectivity index (χ4v) is 1.85. The third kappa shape index (κ3) is 2.60. The van der Waals surface area contributed by atoms with Gasteiger partial charge < -0.3 is 10.0 Å². The molecule has 0 aromatic heterocycles. The molecule has 0 aliphatic heterocycles. The van der Waals surface area contributed by atoms with Crippen LogP contribution in [-0.4, -0.2) is 17.2 Å². The van der Waals surface area contributed by atoms with E-state index in [1.165, 1.54) is 11.6 Å². The molecule has 0 aliphatic rings. The van der Waals surface area contributed by atoms with E-state index in [9.17, 15) is 4.39 Å². The van der Waals surface area contributed by atoms with Crippen molar-refractivity contribution in [2.24, 2.45) is 0 Å². The smallest absolute Gasteiger partial charge is 0.423 e. The lowest BCUT2D eigenvalue weighted by Gasteiger charge is -2.07. The largest absolute Gasteiger partial charge is 0.488 e. The Morgan fingerprint density at radius 3 is 2.22 bits per heavy atom. The summed E-state index contributed by atoms with van der Waals surface area (Å²) in [7, 11) is -1.64. The molecule has 2 aromatic carbocycles. The first-order valence-corrected chi connectivity index (χ1v) is 5.86. The van der Waals surface area contributed by atoms with Gasteiger partial charge in [-0.25, -0.2) is 4.39 Å². The van der Waals surface area contributed by atoms with Crippen LogP contribution in [0.15, 0.2) is 42.5 Å². The van der Waals surface area contributed by atoms with Crippen molar-refractivity contribution in [1.29, 1.82) is 0 Å². The standard InChI is InChI=1S/C14H14BFO2/c1-2-10-3-5-11(6-4-10)13-8-7-12(15(17)18)9-14(13)16/h3-9,17-18H,2H2,1H3. The van der Waals surface area contributed by atoms with Crippen LogP contribution in [0.25, 0.3) is 11.1 Å². The van der Waals surface area contributed by atoms with Gasteiger partial charge in [-0.15, -0.1) is 0 Å². The zero-order valence-corrected chi connectivity index (χ0v) is 10.1. The molecule has 4 heteroatoms. The molecule has 0 saturated heterocycles. The van der Waals surface area contributed by atoms with Crippen molar-refractivity contribution >= 4 is 12.6 Å². The van der Waals surface area contributed by atoms with Gasteiger partial charge in [-0.2, -0.15) is 0 Å². The first kappa shape index (κ1) is 12.8. The van der Waals surface area contributed by atoms with Gasteiger partial charge in [-0.3, -0.25) is 0 Å². The highest BCUT2D eigenvalue weighted by Gasteiger charge is 2.14. The zero-order valence-electron chi connectivity index (χ0n) is 10.1. The van der Waals surface area contributed by atoms with Gasteiger partial charge in [0.1, 0.15) is 5.82 Å². The second kappa shape index (κ2) is 5.33. The molecule has 92 valence electrons. The van der Waals surface area contributed by atoms with Gasteiger partial charge >= 0.3 is 7.12 Å². The van der Waals surface area contributed by atoms with E-state index in [4.69, 9.17) is 10.0 Å². The van der Waals surface area contributed by atoms with Crippen LogP contribution >= 0.6 is 0 Å². The Balaban J connectivity index is 2.38. The Morgan fingerprint density at radius 1 is 1.06 bits per heavy atom. The van der Waals surface area contributed by atoms with E-state index in [0.717, 1.165) is 18.1 Å². The van der Waals surface area contributed by atoms with Gasteiger partial charge in [0.2, 0.25) is 0 Å². The molecule has 0 unspecified atom stereocenters. The minimum absolute atomic E-state index is 0.154. The van der Waals surface area contributed by atoms with E-state index in [0.29, 0.717) is 5.56 Å². The van der Waals surface area contributed by atoms with Crippen molar-refractivity contribution in [2.75, 3.05) is 0 Å². The Hall–Kier alpha value is -1.65. The maximum absolute atomic E-state index is 13.9. The van der Waals surface area contributed by atoms with Crippen LogP contribution < -0.4 is 5.46 Å². The van der Waals surface area contributed by atoms with Gasteiger partial charge in [0, 0.05) is 5.56 Å². The van der Waals surface area contributed by atoms with Gasteiger partial charge in [0.05, 0.1) is 0 Å². The van der Waals surface area contributed by atoms with Gasteiger partial charge in [-0.1, -0.05) is 43.3 Å². The van der Waals surface area contributed by atoms with Crippen LogP contribution in [0.4, 0.5) is 4.39 Å². The molecule has 0 radical (unpaired) electrons. The number of hydrogen-bond donors (Lipinski definition) is 2. The molecule has 2 rings (SSSR count). The number of benzene rings is 2. The van der Waals surface area contributed by atoms with Crippen LogP contribution in [0.3, 0.4) is 0 Å². The highest BCUT2D eigenvalue weighted by molar-refractivity contribution is 6.58. The molecule has 0 bridgehead atoms. The lowest BCUT2D eigenvalue weighted by molar-refractivity contribution is 0.425. The van der Waals surface area contributed by atoms with Gasteiger partial charge in [0.15, 0.2) is 0 Å². The maximum atomic E-state index is 13.9. The maximum Gasteiger partial charge on any atom is 0.488 e. The Labute approximate surface area is 106 Å². The lowest BCUT2D eigenvalue weighted by atomic mass is 9.79. The summed E-state index contributed by atoms with van der Waals surface area (Å²) < 4.78 is 13.9. The Kier molecular flexibility index (Phi) is 3.79. The summed E-state index contributed by atoms with van der Waals surface area (Å²) in [6, 6.07) is 11.9. The molecule has 0 amide bonds. The molecule has 0 aliphatic carbocycles. The van der Waals surface area contributed by atoms with Crippen LogP contribution in [0.1, 0.15) is 12.5 Å². The summed E-state index contributed by atoms with van der Waals surface area (Å²) in [6.45, 7) is 2.06.